The molecule has 2 amide bonds. The topological polar surface area (TPSA) is 84.2 Å². The molecule has 20 heavy (non-hydrogen) atoms. The quantitative estimate of drug-likeness (QED) is 0.715. The van der Waals surface area contributed by atoms with Crippen LogP contribution >= 0.6 is 15.9 Å². The number of carbonyl (C=O) groups excluding carboxylic acids is 2. The van der Waals surface area contributed by atoms with E-state index in [-0.39, 0.29) is 11.8 Å². The van der Waals surface area contributed by atoms with Crippen molar-refractivity contribution in [2.75, 3.05) is 12.8 Å². The fraction of sp³-hybridized carbons (Fsp3) is 0.429. The number of nitrogens with two attached hydrogens (primary N) is 1. The fourth-order valence-corrected chi connectivity index (χ4v) is 2.05. The van der Waals surface area contributed by atoms with Gasteiger partial charge < -0.3 is 16.4 Å². The predicted molar refractivity (Wildman–Crippen MR) is 83.3 cm³/mol. The molecule has 0 radical (unpaired) electrons. The van der Waals surface area contributed by atoms with E-state index in [0.717, 1.165) is 4.47 Å². The van der Waals surface area contributed by atoms with E-state index in [9.17, 15) is 9.59 Å². The highest BCUT2D eigenvalue weighted by Crippen LogP contribution is 2.20. The van der Waals surface area contributed by atoms with Gasteiger partial charge in [-0.15, -0.1) is 0 Å². The monoisotopic (exact) mass is 341 g/mol. The molecule has 1 aromatic rings. The van der Waals surface area contributed by atoms with E-state index in [1.807, 2.05) is 13.8 Å². The number of anilines is 1. The maximum absolute atomic E-state index is 12.2. The Morgan fingerprint density at radius 2 is 2.00 bits per heavy atom. The lowest BCUT2D eigenvalue weighted by atomic mass is 10.0. The van der Waals surface area contributed by atoms with E-state index in [0.29, 0.717) is 23.6 Å². The molecule has 0 saturated carbocycles. The number of nitrogen functional groups attached to an aromatic ring is 1. The maximum atomic E-state index is 12.2. The second-order valence-electron chi connectivity index (χ2n) is 5.01. The summed E-state index contributed by atoms with van der Waals surface area (Å²) >= 11 is 3.28. The van der Waals surface area contributed by atoms with Crippen molar-refractivity contribution in [2.45, 2.75) is 26.3 Å². The first-order chi connectivity index (χ1) is 9.35. The van der Waals surface area contributed by atoms with E-state index >= 15 is 0 Å². The average Bonchev–Trinajstić information content (AvgIpc) is 2.39. The van der Waals surface area contributed by atoms with Crippen molar-refractivity contribution in [3.8, 4) is 0 Å². The largest absolute Gasteiger partial charge is 0.398 e. The Morgan fingerprint density at radius 3 is 2.50 bits per heavy atom. The van der Waals surface area contributed by atoms with E-state index in [1.54, 1.807) is 25.2 Å². The van der Waals surface area contributed by atoms with E-state index in [4.69, 9.17) is 5.73 Å². The summed E-state index contributed by atoms with van der Waals surface area (Å²) < 4.78 is 0.735. The van der Waals surface area contributed by atoms with Crippen molar-refractivity contribution in [3.05, 3.63) is 28.2 Å². The van der Waals surface area contributed by atoms with Crippen molar-refractivity contribution in [1.29, 1.82) is 0 Å². The second kappa shape index (κ2) is 7.28. The van der Waals surface area contributed by atoms with Crippen LogP contribution in [0.25, 0.3) is 0 Å². The van der Waals surface area contributed by atoms with Crippen molar-refractivity contribution < 1.29 is 9.59 Å². The minimum atomic E-state index is -0.544. The lowest BCUT2D eigenvalue weighted by molar-refractivity contribution is -0.122. The molecule has 0 saturated heterocycles. The molecule has 0 aromatic heterocycles. The summed E-state index contributed by atoms with van der Waals surface area (Å²) in [6, 6.07) is 4.40. The molecule has 0 aliphatic carbocycles. The van der Waals surface area contributed by atoms with Crippen LogP contribution in [0.1, 0.15) is 30.6 Å². The summed E-state index contributed by atoms with van der Waals surface area (Å²) in [6.45, 7) is 4.00. The number of nitrogens with one attached hydrogen (secondary N) is 2. The average molecular weight is 342 g/mol. The minimum Gasteiger partial charge on any atom is -0.398 e. The van der Waals surface area contributed by atoms with Gasteiger partial charge in [-0.1, -0.05) is 13.8 Å². The molecule has 0 spiro atoms. The predicted octanol–water partition coefficient (Wildman–Crippen LogP) is 1.92. The normalized spacial score (nSPS) is 12.1. The van der Waals surface area contributed by atoms with Crippen molar-refractivity contribution >= 4 is 33.4 Å². The van der Waals surface area contributed by atoms with E-state index in [1.165, 1.54) is 0 Å². The number of rotatable bonds is 5. The molecule has 1 atom stereocenters. The zero-order valence-electron chi connectivity index (χ0n) is 11.9. The number of hydrogen-bond acceptors (Lipinski definition) is 3. The first kappa shape index (κ1) is 16.5. The van der Waals surface area contributed by atoms with Crippen LogP contribution in [0.5, 0.6) is 0 Å². The Kier molecular flexibility index (Phi) is 6.01. The van der Waals surface area contributed by atoms with Gasteiger partial charge in [0.25, 0.3) is 5.91 Å². The highest BCUT2D eigenvalue weighted by atomic mass is 79.9. The molecule has 6 heteroatoms. The molecule has 0 fully saturated rings. The zero-order valence-corrected chi connectivity index (χ0v) is 13.5. The molecule has 0 heterocycles. The van der Waals surface area contributed by atoms with Gasteiger partial charge in [0.2, 0.25) is 5.91 Å². The van der Waals surface area contributed by atoms with Gasteiger partial charge >= 0.3 is 0 Å². The van der Waals surface area contributed by atoms with E-state index < -0.39 is 6.04 Å². The highest BCUT2D eigenvalue weighted by Gasteiger charge is 2.21. The lowest BCUT2D eigenvalue weighted by Gasteiger charge is -2.19. The third kappa shape index (κ3) is 4.52. The summed E-state index contributed by atoms with van der Waals surface area (Å²) in [5.41, 5.74) is 6.67. The van der Waals surface area contributed by atoms with Crippen LogP contribution in [0.4, 0.5) is 5.69 Å². The fourth-order valence-electron chi connectivity index (χ4n) is 1.80. The Balaban J connectivity index is 2.84. The van der Waals surface area contributed by atoms with Crippen molar-refractivity contribution in [3.63, 3.8) is 0 Å². The molecule has 110 valence electrons. The van der Waals surface area contributed by atoms with Gasteiger partial charge in [-0.05, 0) is 46.5 Å². The Morgan fingerprint density at radius 1 is 1.35 bits per heavy atom. The summed E-state index contributed by atoms with van der Waals surface area (Å²) in [7, 11) is 1.55. The van der Waals surface area contributed by atoms with Crippen LogP contribution in [-0.2, 0) is 4.79 Å². The molecule has 0 aliphatic heterocycles. The van der Waals surface area contributed by atoms with Crippen LogP contribution in [-0.4, -0.2) is 24.9 Å². The molecule has 0 aliphatic rings. The molecule has 4 N–H and O–H groups in total. The Hall–Kier alpha value is -1.56. The lowest BCUT2D eigenvalue weighted by Crippen LogP contribution is -2.46. The summed E-state index contributed by atoms with van der Waals surface area (Å²) in [4.78, 5) is 23.9. The smallest absolute Gasteiger partial charge is 0.252 e. The van der Waals surface area contributed by atoms with Gasteiger partial charge in [-0.25, -0.2) is 0 Å². The number of likely N-dealkylation sites (N-methyl/N-ethyl adjacent to an activating group) is 1. The first-order valence-electron chi connectivity index (χ1n) is 6.42. The number of amides is 2. The van der Waals surface area contributed by atoms with Crippen LogP contribution in [0, 0.1) is 5.92 Å². The van der Waals surface area contributed by atoms with Crippen LogP contribution in [0.15, 0.2) is 22.7 Å². The summed E-state index contributed by atoms with van der Waals surface area (Å²) in [6.07, 6.45) is 0.581. The molecule has 1 unspecified atom stereocenters. The number of halogens is 1. The Labute approximate surface area is 127 Å². The molecule has 1 rings (SSSR count). The Bertz CT molecular complexity index is 503. The van der Waals surface area contributed by atoms with Crippen LogP contribution in [0.2, 0.25) is 0 Å². The second-order valence-corrected chi connectivity index (χ2v) is 5.86. The van der Waals surface area contributed by atoms with Gasteiger partial charge in [0.1, 0.15) is 6.04 Å². The number of benzene rings is 1. The molecular formula is C14H20BrN3O2. The van der Waals surface area contributed by atoms with Gasteiger partial charge in [-0.3, -0.25) is 9.59 Å². The highest BCUT2D eigenvalue weighted by molar-refractivity contribution is 9.10. The van der Waals surface area contributed by atoms with Crippen LogP contribution in [0.3, 0.4) is 0 Å². The summed E-state index contributed by atoms with van der Waals surface area (Å²) in [5.74, 6) is -0.205. The zero-order chi connectivity index (χ0) is 15.3. The number of carbonyl (C=O) groups is 2. The minimum absolute atomic E-state index is 0.197. The van der Waals surface area contributed by atoms with Gasteiger partial charge in [0.05, 0.1) is 0 Å². The molecule has 0 bridgehead atoms. The van der Waals surface area contributed by atoms with Gasteiger partial charge in [-0.2, -0.15) is 0 Å². The summed E-state index contributed by atoms with van der Waals surface area (Å²) in [5, 5.41) is 5.30. The van der Waals surface area contributed by atoms with Crippen molar-refractivity contribution in [1.82, 2.24) is 10.6 Å². The number of hydrogen-bond donors (Lipinski definition) is 3. The standard InChI is InChI=1S/C14H20BrN3O2/c1-8(2)6-12(14(20)17-3)18-13(19)9-4-5-10(15)11(16)7-9/h4-5,7-8,12H,6,16H2,1-3H3,(H,17,20)(H,18,19). The molecule has 5 nitrogen and oxygen atoms in total. The third-order valence-corrected chi connectivity index (χ3v) is 3.56. The molecule has 1 aromatic carbocycles. The third-order valence-electron chi connectivity index (χ3n) is 2.83. The van der Waals surface area contributed by atoms with Crippen LogP contribution < -0.4 is 16.4 Å². The SMILES string of the molecule is CNC(=O)C(CC(C)C)NC(=O)c1ccc(Br)c(N)c1. The maximum Gasteiger partial charge on any atom is 0.252 e. The first-order valence-corrected chi connectivity index (χ1v) is 7.22. The van der Waals surface area contributed by atoms with E-state index in [2.05, 4.69) is 26.6 Å². The van der Waals surface area contributed by atoms with Crippen molar-refractivity contribution in [2.24, 2.45) is 5.92 Å². The molecular weight excluding hydrogens is 322 g/mol. The van der Waals surface area contributed by atoms with Gasteiger partial charge in [0.15, 0.2) is 0 Å². The van der Waals surface area contributed by atoms with Gasteiger partial charge in [0, 0.05) is 22.8 Å².